The zero-order chi connectivity index (χ0) is 17.6. The molecule has 0 fully saturated rings. The lowest BCUT2D eigenvalue weighted by molar-refractivity contribution is -0.120. The maximum absolute atomic E-state index is 12.3. The molecule has 0 bridgehead atoms. The first kappa shape index (κ1) is 17.4. The number of amides is 1. The van der Waals surface area contributed by atoms with Gasteiger partial charge >= 0.3 is 0 Å². The van der Waals surface area contributed by atoms with Gasteiger partial charge < -0.3 is 5.32 Å². The van der Waals surface area contributed by atoms with Crippen LogP contribution in [0.1, 0.15) is 12.5 Å². The highest BCUT2D eigenvalue weighted by Gasteiger charge is 2.19. The van der Waals surface area contributed by atoms with Crippen LogP contribution in [0.4, 0.5) is 0 Å². The van der Waals surface area contributed by atoms with Crippen LogP contribution >= 0.6 is 23.4 Å². The van der Waals surface area contributed by atoms with E-state index in [1.807, 2.05) is 55.5 Å². The maximum Gasteiger partial charge on any atom is 0.233 e. The number of hydrogen-bond donors (Lipinski definition) is 1. The van der Waals surface area contributed by atoms with E-state index in [9.17, 15) is 4.79 Å². The number of carbonyl (C=O) groups excluding carboxylic acids is 1. The minimum Gasteiger partial charge on any atom is -0.351 e. The van der Waals surface area contributed by atoms with Crippen molar-refractivity contribution >= 4 is 29.3 Å². The topological polar surface area (TPSA) is 72.7 Å². The predicted octanol–water partition coefficient (Wildman–Crippen LogP) is 3.11. The summed E-state index contributed by atoms with van der Waals surface area (Å²) in [5, 5.41) is 15.4. The molecule has 3 rings (SSSR count). The number of para-hydroxylation sites is 1. The molecular weight excluding hydrogens is 358 g/mol. The molecule has 0 aliphatic heterocycles. The Bertz CT molecular complexity index is 855. The molecule has 0 saturated heterocycles. The summed E-state index contributed by atoms with van der Waals surface area (Å²) in [6.07, 6.45) is 0. The van der Waals surface area contributed by atoms with Gasteiger partial charge in [0.2, 0.25) is 11.1 Å². The van der Waals surface area contributed by atoms with Gasteiger partial charge in [-0.1, -0.05) is 59.8 Å². The Morgan fingerprint density at radius 1 is 1.20 bits per heavy atom. The van der Waals surface area contributed by atoms with E-state index < -0.39 is 0 Å². The second-order valence-corrected chi connectivity index (χ2v) is 6.99. The summed E-state index contributed by atoms with van der Waals surface area (Å²) >= 11 is 7.41. The zero-order valence-electron chi connectivity index (χ0n) is 13.5. The molecule has 0 aliphatic carbocycles. The fraction of sp³-hybridized carbons (Fsp3) is 0.176. The zero-order valence-corrected chi connectivity index (χ0v) is 15.0. The summed E-state index contributed by atoms with van der Waals surface area (Å²) < 4.78 is 1.61. The molecular formula is C17H16ClN5OS. The van der Waals surface area contributed by atoms with E-state index in [4.69, 9.17) is 11.6 Å². The lowest BCUT2D eigenvalue weighted by Gasteiger charge is -2.12. The molecule has 128 valence electrons. The van der Waals surface area contributed by atoms with Crippen molar-refractivity contribution < 1.29 is 4.79 Å². The molecule has 0 radical (unpaired) electrons. The average Bonchev–Trinajstić information content (AvgIpc) is 3.09. The second kappa shape index (κ2) is 8.13. The summed E-state index contributed by atoms with van der Waals surface area (Å²) in [5.41, 5.74) is 1.72. The number of hydrogen-bond acceptors (Lipinski definition) is 5. The minimum absolute atomic E-state index is 0.104. The number of aromatic nitrogens is 4. The van der Waals surface area contributed by atoms with Crippen molar-refractivity contribution in [3.63, 3.8) is 0 Å². The van der Waals surface area contributed by atoms with Gasteiger partial charge in [-0.2, -0.15) is 4.68 Å². The Balaban J connectivity index is 1.63. The first-order chi connectivity index (χ1) is 12.1. The number of carbonyl (C=O) groups is 1. The third-order valence-electron chi connectivity index (χ3n) is 3.50. The van der Waals surface area contributed by atoms with Gasteiger partial charge in [0, 0.05) is 11.6 Å². The fourth-order valence-electron chi connectivity index (χ4n) is 2.16. The third-order valence-corrected chi connectivity index (χ3v) is 4.91. The number of rotatable bonds is 6. The van der Waals surface area contributed by atoms with Gasteiger partial charge in [0.1, 0.15) is 0 Å². The van der Waals surface area contributed by atoms with Crippen molar-refractivity contribution in [2.45, 2.75) is 23.9 Å². The van der Waals surface area contributed by atoms with Crippen LogP contribution < -0.4 is 5.32 Å². The molecule has 0 aliphatic rings. The fourth-order valence-corrected chi connectivity index (χ4v) is 3.20. The number of tetrazole rings is 1. The average molecular weight is 374 g/mol. The van der Waals surface area contributed by atoms with E-state index in [1.165, 1.54) is 11.8 Å². The molecule has 0 saturated carbocycles. The lowest BCUT2D eigenvalue weighted by atomic mass is 10.2. The largest absolute Gasteiger partial charge is 0.351 e. The first-order valence-corrected chi connectivity index (χ1v) is 8.92. The number of thioether (sulfide) groups is 1. The molecule has 1 aromatic heterocycles. The molecule has 3 aromatic rings. The Morgan fingerprint density at radius 3 is 2.68 bits per heavy atom. The van der Waals surface area contributed by atoms with Crippen LogP contribution in [-0.4, -0.2) is 31.4 Å². The van der Waals surface area contributed by atoms with Crippen molar-refractivity contribution in [2.24, 2.45) is 0 Å². The number of halogens is 1. The number of nitrogens with one attached hydrogen (secondary N) is 1. The SMILES string of the molecule is CC(Sc1nnnn1-c1ccccc1)C(=O)NCc1ccccc1Cl. The molecule has 25 heavy (non-hydrogen) atoms. The van der Waals surface area contributed by atoms with E-state index in [1.54, 1.807) is 10.7 Å². The Hall–Kier alpha value is -2.38. The van der Waals surface area contributed by atoms with E-state index in [0.29, 0.717) is 16.7 Å². The van der Waals surface area contributed by atoms with Crippen LogP contribution in [0.3, 0.4) is 0 Å². The van der Waals surface area contributed by atoms with Crippen LogP contribution in [0.2, 0.25) is 5.02 Å². The van der Waals surface area contributed by atoms with Crippen LogP contribution in [-0.2, 0) is 11.3 Å². The quantitative estimate of drug-likeness (QED) is 0.672. The van der Waals surface area contributed by atoms with E-state index >= 15 is 0 Å². The highest BCUT2D eigenvalue weighted by molar-refractivity contribution is 8.00. The van der Waals surface area contributed by atoms with Crippen molar-refractivity contribution in [1.29, 1.82) is 0 Å². The Labute approximate surface area is 154 Å². The Kier molecular flexibility index (Phi) is 5.67. The highest BCUT2D eigenvalue weighted by atomic mass is 35.5. The van der Waals surface area contributed by atoms with Gasteiger partial charge in [-0.25, -0.2) is 0 Å². The molecule has 8 heteroatoms. The predicted molar refractivity (Wildman–Crippen MR) is 97.8 cm³/mol. The number of nitrogens with zero attached hydrogens (tertiary/aromatic N) is 4. The van der Waals surface area contributed by atoms with Crippen LogP contribution in [0.25, 0.3) is 5.69 Å². The summed E-state index contributed by atoms with van der Waals surface area (Å²) in [6, 6.07) is 17.0. The molecule has 0 spiro atoms. The van der Waals surface area contributed by atoms with Gasteiger partial charge in [0.15, 0.2) is 0 Å². The van der Waals surface area contributed by atoms with Crippen LogP contribution in [0, 0.1) is 0 Å². The van der Waals surface area contributed by atoms with Gasteiger partial charge in [-0.3, -0.25) is 4.79 Å². The maximum atomic E-state index is 12.3. The summed E-state index contributed by atoms with van der Waals surface area (Å²) in [4.78, 5) is 12.3. The molecule has 1 N–H and O–H groups in total. The van der Waals surface area contributed by atoms with Crippen molar-refractivity contribution in [2.75, 3.05) is 0 Å². The monoisotopic (exact) mass is 373 g/mol. The summed E-state index contributed by atoms with van der Waals surface area (Å²) in [7, 11) is 0. The Morgan fingerprint density at radius 2 is 1.92 bits per heavy atom. The highest BCUT2D eigenvalue weighted by Crippen LogP contribution is 2.23. The van der Waals surface area contributed by atoms with Gasteiger partial charge in [-0.05, 0) is 41.1 Å². The van der Waals surface area contributed by atoms with Crippen molar-refractivity contribution in [1.82, 2.24) is 25.5 Å². The van der Waals surface area contributed by atoms with Crippen molar-refractivity contribution in [3.05, 3.63) is 65.2 Å². The molecule has 2 aromatic carbocycles. The first-order valence-electron chi connectivity index (χ1n) is 7.66. The smallest absolute Gasteiger partial charge is 0.233 e. The molecule has 6 nitrogen and oxygen atoms in total. The van der Waals surface area contributed by atoms with Crippen LogP contribution in [0.15, 0.2) is 59.8 Å². The normalized spacial score (nSPS) is 11.9. The van der Waals surface area contributed by atoms with Gasteiger partial charge in [0.25, 0.3) is 0 Å². The number of benzene rings is 2. The molecule has 1 unspecified atom stereocenters. The molecule has 1 atom stereocenters. The van der Waals surface area contributed by atoms with Crippen LogP contribution in [0.5, 0.6) is 0 Å². The standard InChI is InChI=1S/C17H16ClN5OS/c1-12(16(24)19-11-13-7-5-6-10-15(13)18)25-17-20-21-22-23(17)14-8-3-2-4-9-14/h2-10,12H,11H2,1H3,(H,19,24). The van der Waals surface area contributed by atoms with Gasteiger partial charge in [0.05, 0.1) is 10.9 Å². The van der Waals surface area contributed by atoms with E-state index in [2.05, 4.69) is 20.8 Å². The van der Waals surface area contributed by atoms with Crippen molar-refractivity contribution in [3.8, 4) is 5.69 Å². The summed E-state index contributed by atoms with van der Waals surface area (Å²) in [5.74, 6) is -0.104. The lowest BCUT2D eigenvalue weighted by Crippen LogP contribution is -2.30. The van der Waals surface area contributed by atoms with E-state index in [0.717, 1.165) is 11.3 Å². The third kappa shape index (κ3) is 4.37. The minimum atomic E-state index is -0.351. The summed E-state index contributed by atoms with van der Waals surface area (Å²) in [6.45, 7) is 2.20. The van der Waals surface area contributed by atoms with E-state index in [-0.39, 0.29) is 11.2 Å². The molecule has 1 amide bonds. The van der Waals surface area contributed by atoms with Gasteiger partial charge in [-0.15, -0.1) is 5.10 Å². The second-order valence-electron chi connectivity index (χ2n) is 5.28. The molecule has 1 heterocycles.